The molecule has 18 heavy (non-hydrogen) atoms. The number of rotatable bonds is 6. The van der Waals surface area contributed by atoms with Gasteiger partial charge < -0.3 is 10.2 Å². The van der Waals surface area contributed by atoms with Crippen molar-refractivity contribution in [3.05, 3.63) is 34.9 Å². The van der Waals surface area contributed by atoms with Crippen molar-refractivity contribution in [2.75, 3.05) is 26.8 Å². The summed E-state index contributed by atoms with van der Waals surface area (Å²) in [7, 11) is 1.99. The summed E-state index contributed by atoms with van der Waals surface area (Å²) in [5.41, 5.74) is 0.690. The number of benzene rings is 1. The number of aliphatic hydroxyl groups excluding tert-OH is 2. The molecule has 0 aliphatic heterocycles. The predicted molar refractivity (Wildman–Crippen MR) is 74.8 cm³/mol. The van der Waals surface area contributed by atoms with Crippen LogP contribution < -0.4 is 0 Å². The third kappa shape index (κ3) is 3.95. The second-order valence-electron chi connectivity index (χ2n) is 5.27. The molecular formula is C14H22ClNO2. The van der Waals surface area contributed by atoms with Crippen molar-refractivity contribution < 1.29 is 10.2 Å². The van der Waals surface area contributed by atoms with Crippen LogP contribution in [0, 0.1) is 5.41 Å². The van der Waals surface area contributed by atoms with Crippen LogP contribution >= 0.6 is 11.6 Å². The van der Waals surface area contributed by atoms with Crippen LogP contribution in [0.1, 0.15) is 25.5 Å². The van der Waals surface area contributed by atoms with E-state index in [-0.39, 0.29) is 19.3 Å². The molecule has 0 bridgehead atoms. The molecule has 4 heteroatoms. The molecule has 0 aliphatic rings. The van der Waals surface area contributed by atoms with Crippen LogP contribution in [0.25, 0.3) is 0 Å². The van der Waals surface area contributed by atoms with Crippen molar-refractivity contribution in [2.45, 2.75) is 19.9 Å². The average molecular weight is 272 g/mol. The fourth-order valence-corrected chi connectivity index (χ4v) is 2.01. The van der Waals surface area contributed by atoms with Gasteiger partial charge in [0.05, 0.1) is 13.2 Å². The van der Waals surface area contributed by atoms with Gasteiger partial charge in [-0.05, 0) is 31.7 Å². The second kappa shape index (κ2) is 6.53. The van der Waals surface area contributed by atoms with Gasteiger partial charge in [0.1, 0.15) is 0 Å². The Morgan fingerprint density at radius 2 is 1.72 bits per heavy atom. The first-order valence-electron chi connectivity index (χ1n) is 6.09. The maximum atomic E-state index is 9.32. The SMILES string of the molecule is CC(c1ccc(Cl)cc1)N(C)CC(C)(CO)CO. The Balaban J connectivity index is 2.72. The molecule has 2 N–H and O–H groups in total. The van der Waals surface area contributed by atoms with Crippen molar-refractivity contribution in [1.82, 2.24) is 4.90 Å². The van der Waals surface area contributed by atoms with Gasteiger partial charge in [-0.3, -0.25) is 4.90 Å². The Morgan fingerprint density at radius 1 is 1.22 bits per heavy atom. The Kier molecular flexibility index (Phi) is 5.60. The lowest BCUT2D eigenvalue weighted by atomic mass is 9.91. The number of nitrogens with zero attached hydrogens (tertiary/aromatic N) is 1. The first-order valence-corrected chi connectivity index (χ1v) is 6.47. The van der Waals surface area contributed by atoms with Gasteiger partial charge in [0.25, 0.3) is 0 Å². The van der Waals surface area contributed by atoms with Crippen molar-refractivity contribution in [3.8, 4) is 0 Å². The fourth-order valence-electron chi connectivity index (χ4n) is 1.88. The van der Waals surface area contributed by atoms with Crippen molar-refractivity contribution in [3.63, 3.8) is 0 Å². The molecule has 1 aromatic rings. The van der Waals surface area contributed by atoms with Gasteiger partial charge in [-0.1, -0.05) is 30.7 Å². The molecule has 0 saturated carbocycles. The monoisotopic (exact) mass is 271 g/mol. The maximum absolute atomic E-state index is 9.32. The third-order valence-electron chi connectivity index (χ3n) is 3.41. The predicted octanol–water partition coefficient (Wildman–Crippen LogP) is 2.32. The number of hydrogen-bond acceptors (Lipinski definition) is 3. The topological polar surface area (TPSA) is 43.7 Å². The first kappa shape index (κ1) is 15.4. The highest BCUT2D eigenvalue weighted by Gasteiger charge is 2.26. The molecule has 0 amide bonds. The zero-order valence-electron chi connectivity index (χ0n) is 11.2. The second-order valence-corrected chi connectivity index (χ2v) is 5.71. The Hall–Kier alpha value is -0.610. The van der Waals surface area contributed by atoms with Gasteiger partial charge in [0.15, 0.2) is 0 Å². The van der Waals surface area contributed by atoms with E-state index >= 15 is 0 Å². The lowest BCUT2D eigenvalue weighted by Gasteiger charge is -2.34. The van der Waals surface area contributed by atoms with E-state index in [0.717, 1.165) is 5.02 Å². The molecule has 0 spiro atoms. The molecule has 0 aliphatic carbocycles. The Morgan fingerprint density at radius 3 is 2.17 bits per heavy atom. The first-order chi connectivity index (χ1) is 8.41. The van der Waals surface area contributed by atoms with E-state index in [0.29, 0.717) is 6.54 Å². The number of halogens is 1. The van der Waals surface area contributed by atoms with Crippen molar-refractivity contribution in [2.24, 2.45) is 5.41 Å². The zero-order valence-corrected chi connectivity index (χ0v) is 12.0. The molecule has 1 rings (SSSR count). The largest absolute Gasteiger partial charge is 0.396 e. The van der Waals surface area contributed by atoms with Crippen LogP contribution in [0.2, 0.25) is 5.02 Å². The van der Waals surface area contributed by atoms with Crippen LogP contribution in [-0.4, -0.2) is 41.9 Å². The lowest BCUT2D eigenvalue weighted by Crippen LogP contribution is -2.40. The highest BCUT2D eigenvalue weighted by Crippen LogP contribution is 2.24. The van der Waals surface area contributed by atoms with Gasteiger partial charge in [-0.15, -0.1) is 0 Å². The van der Waals surface area contributed by atoms with Crippen LogP contribution in [0.5, 0.6) is 0 Å². The molecule has 0 heterocycles. The van der Waals surface area contributed by atoms with Crippen LogP contribution in [-0.2, 0) is 0 Å². The quantitative estimate of drug-likeness (QED) is 0.835. The summed E-state index contributed by atoms with van der Waals surface area (Å²) in [4.78, 5) is 2.12. The van der Waals surface area contributed by atoms with Gasteiger partial charge in [-0.25, -0.2) is 0 Å². The van der Waals surface area contributed by atoms with Crippen LogP contribution in [0.3, 0.4) is 0 Å². The highest BCUT2D eigenvalue weighted by atomic mass is 35.5. The molecule has 0 radical (unpaired) electrons. The summed E-state index contributed by atoms with van der Waals surface area (Å²) in [5, 5.41) is 19.4. The molecule has 0 saturated heterocycles. The minimum Gasteiger partial charge on any atom is -0.396 e. The average Bonchev–Trinajstić information content (AvgIpc) is 2.38. The van der Waals surface area contributed by atoms with Gasteiger partial charge in [0, 0.05) is 23.0 Å². The minimum atomic E-state index is -0.477. The van der Waals surface area contributed by atoms with Crippen LogP contribution in [0.4, 0.5) is 0 Å². The normalized spacial score (nSPS) is 13.9. The summed E-state index contributed by atoms with van der Waals surface area (Å²) >= 11 is 5.87. The smallest absolute Gasteiger partial charge is 0.0519 e. The molecule has 1 unspecified atom stereocenters. The van der Waals surface area contributed by atoms with E-state index < -0.39 is 5.41 Å². The zero-order chi connectivity index (χ0) is 13.8. The minimum absolute atomic E-state index is 0.0266. The van der Waals surface area contributed by atoms with Gasteiger partial charge in [-0.2, -0.15) is 0 Å². The van der Waals surface area contributed by atoms with E-state index in [2.05, 4.69) is 11.8 Å². The third-order valence-corrected chi connectivity index (χ3v) is 3.66. The van der Waals surface area contributed by atoms with E-state index in [4.69, 9.17) is 11.6 Å². The summed E-state index contributed by atoms with van der Waals surface area (Å²) in [6.07, 6.45) is 0. The van der Waals surface area contributed by atoms with E-state index in [1.54, 1.807) is 0 Å². The number of aliphatic hydroxyl groups is 2. The van der Waals surface area contributed by atoms with E-state index in [1.807, 2.05) is 38.2 Å². The van der Waals surface area contributed by atoms with Crippen molar-refractivity contribution >= 4 is 11.6 Å². The molecule has 0 fully saturated rings. The molecular weight excluding hydrogens is 250 g/mol. The summed E-state index contributed by atoms with van der Waals surface area (Å²) in [5.74, 6) is 0. The highest BCUT2D eigenvalue weighted by molar-refractivity contribution is 6.30. The Bertz CT molecular complexity index is 363. The summed E-state index contributed by atoms with van der Waals surface area (Å²) in [6.45, 7) is 4.54. The van der Waals surface area contributed by atoms with Crippen molar-refractivity contribution in [1.29, 1.82) is 0 Å². The molecule has 1 atom stereocenters. The van der Waals surface area contributed by atoms with Crippen LogP contribution in [0.15, 0.2) is 24.3 Å². The number of hydrogen-bond donors (Lipinski definition) is 2. The fraction of sp³-hybridized carbons (Fsp3) is 0.571. The molecule has 102 valence electrons. The lowest BCUT2D eigenvalue weighted by molar-refractivity contribution is 0.0326. The van der Waals surface area contributed by atoms with E-state index in [1.165, 1.54) is 5.56 Å². The maximum Gasteiger partial charge on any atom is 0.0519 e. The standard InChI is InChI=1S/C14H22ClNO2/c1-11(12-4-6-13(15)7-5-12)16(3)8-14(2,9-17)10-18/h4-7,11,17-18H,8-10H2,1-3H3. The molecule has 0 aromatic heterocycles. The Labute approximate surface area is 114 Å². The molecule has 1 aromatic carbocycles. The van der Waals surface area contributed by atoms with E-state index in [9.17, 15) is 10.2 Å². The molecule has 3 nitrogen and oxygen atoms in total. The van der Waals surface area contributed by atoms with Gasteiger partial charge >= 0.3 is 0 Å². The summed E-state index contributed by atoms with van der Waals surface area (Å²) < 4.78 is 0. The summed E-state index contributed by atoms with van der Waals surface area (Å²) in [6, 6.07) is 7.95. The van der Waals surface area contributed by atoms with Gasteiger partial charge in [0.2, 0.25) is 0 Å².